The highest BCUT2D eigenvalue weighted by atomic mass is 16.6. The summed E-state index contributed by atoms with van der Waals surface area (Å²) in [6, 6.07) is 12.6. The van der Waals surface area contributed by atoms with Gasteiger partial charge in [0.15, 0.2) is 0 Å². The van der Waals surface area contributed by atoms with Crippen molar-refractivity contribution in [2.45, 2.75) is 6.04 Å². The molecule has 3 heterocycles. The molecule has 2 aromatic carbocycles. The Balaban J connectivity index is 1.83. The average Bonchev–Trinajstić information content (AvgIpc) is 3.26. The van der Waals surface area contributed by atoms with E-state index in [4.69, 9.17) is 4.74 Å². The monoisotopic (exact) mass is 418 g/mol. The van der Waals surface area contributed by atoms with E-state index in [2.05, 4.69) is 31.0 Å². The summed E-state index contributed by atoms with van der Waals surface area (Å²) in [5.74, 6) is 0.831. The Morgan fingerprint density at radius 3 is 2.84 bits per heavy atom. The summed E-state index contributed by atoms with van der Waals surface area (Å²) >= 11 is 0. The summed E-state index contributed by atoms with van der Waals surface area (Å²) in [4.78, 5) is 23.5. The maximum atomic E-state index is 12.7. The summed E-state index contributed by atoms with van der Waals surface area (Å²) in [6.45, 7) is 0. The lowest BCUT2D eigenvalue weighted by molar-refractivity contribution is -0.384. The van der Waals surface area contributed by atoms with Crippen LogP contribution in [0.4, 0.5) is 17.3 Å². The number of nitro groups is 1. The van der Waals surface area contributed by atoms with Crippen LogP contribution in [0.5, 0.6) is 5.75 Å². The Labute approximate surface area is 173 Å². The number of ether oxygens (including phenoxy) is 1. The molecule has 2 aromatic heterocycles. The van der Waals surface area contributed by atoms with E-state index in [1.54, 1.807) is 25.3 Å². The van der Waals surface area contributed by atoms with Gasteiger partial charge in [-0.15, -0.1) is 0 Å². The topological polar surface area (TPSA) is 154 Å². The zero-order valence-corrected chi connectivity index (χ0v) is 16.0. The van der Waals surface area contributed by atoms with Gasteiger partial charge >= 0.3 is 0 Å². The van der Waals surface area contributed by atoms with Crippen LogP contribution < -0.4 is 15.6 Å². The number of nitro benzene ring substituents is 1. The number of hydrogen-bond donors (Lipinski definition) is 2. The minimum Gasteiger partial charge on any atom is -0.496 e. The largest absolute Gasteiger partial charge is 0.496 e. The zero-order valence-electron chi connectivity index (χ0n) is 16.0. The minimum atomic E-state index is -0.665. The number of tetrazole rings is 1. The highest BCUT2D eigenvalue weighted by Gasteiger charge is 2.36. The number of anilines is 2. The third-order valence-corrected chi connectivity index (χ3v) is 5.03. The molecule has 4 aromatic rings. The molecule has 0 spiro atoms. The average molecular weight is 418 g/mol. The summed E-state index contributed by atoms with van der Waals surface area (Å²) in [5, 5.41) is 32.7. The van der Waals surface area contributed by atoms with Crippen molar-refractivity contribution in [3.05, 3.63) is 80.1 Å². The normalized spacial score (nSPS) is 14.3. The number of rotatable bonds is 4. The third-order valence-electron chi connectivity index (χ3n) is 5.03. The second kappa shape index (κ2) is 7.02. The van der Waals surface area contributed by atoms with E-state index in [1.165, 1.54) is 16.8 Å². The molecule has 0 bridgehead atoms. The fourth-order valence-electron chi connectivity index (χ4n) is 3.70. The second-order valence-corrected chi connectivity index (χ2v) is 6.71. The number of hydrogen-bond acceptors (Lipinski definition) is 9. The molecule has 2 N–H and O–H groups in total. The van der Waals surface area contributed by atoms with Crippen LogP contribution in [-0.2, 0) is 0 Å². The maximum absolute atomic E-state index is 12.7. The van der Waals surface area contributed by atoms with E-state index >= 15 is 0 Å². The number of para-hydroxylation sites is 1. The number of nitrogens with zero attached hydrogens (tertiary/aromatic N) is 6. The van der Waals surface area contributed by atoms with E-state index in [1.807, 2.05) is 18.2 Å². The van der Waals surface area contributed by atoms with Gasteiger partial charge in [-0.2, -0.15) is 9.78 Å². The molecule has 0 amide bonds. The van der Waals surface area contributed by atoms with Crippen molar-refractivity contribution >= 4 is 17.3 Å². The first kappa shape index (κ1) is 18.4. The van der Waals surface area contributed by atoms with Gasteiger partial charge in [0.2, 0.25) is 5.95 Å². The molecule has 0 saturated heterocycles. The van der Waals surface area contributed by atoms with Gasteiger partial charge in [-0.05, 0) is 16.5 Å². The van der Waals surface area contributed by atoms with Gasteiger partial charge in [0.1, 0.15) is 17.5 Å². The molecular formula is C19H14N8O4. The summed E-state index contributed by atoms with van der Waals surface area (Å²) in [5.41, 5.74) is 1.60. The number of aromatic nitrogens is 6. The van der Waals surface area contributed by atoms with Crippen LogP contribution in [0.3, 0.4) is 0 Å². The number of benzene rings is 2. The Kier molecular flexibility index (Phi) is 4.17. The van der Waals surface area contributed by atoms with Crippen LogP contribution in [-0.4, -0.2) is 42.4 Å². The van der Waals surface area contributed by atoms with Crippen LogP contribution in [0.1, 0.15) is 17.2 Å². The lowest BCUT2D eigenvalue weighted by Crippen LogP contribution is -2.29. The van der Waals surface area contributed by atoms with Crippen molar-refractivity contribution in [2.24, 2.45) is 0 Å². The minimum absolute atomic E-state index is 0.0972. The number of non-ortho nitro benzene ring substituents is 1. The number of H-pyrrole nitrogens is 1. The highest BCUT2D eigenvalue weighted by molar-refractivity contribution is 5.76. The number of nitrogens with one attached hydrogen (secondary N) is 2. The second-order valence-electron chi connectivity index (χ2n) is 6.71. The van der Waals surface area contributed by atoms with Crippen molar-refractivity contribution < 1.29 is 9.66 Å². The number of methoxy groups -OCH3 is 1. The van der Waals surface area contributed by atoms with Crippen molar-refractivity contribution in [1.29, 1.82) is 0 Å². The molecule has 5 rings (SSSR count). The van der Waals surface area contributed by atoms with Crippen molar-refractivity contribution in [2.75, 3.05) is 12.4 Å². The number of fused-ring (bicyclic) bond motifs is 2. The van der Waals surface area contributed by atoms with E-state index in [-0.39, 0.29) is 17.3 Å². The van der Waals surface area contributed by atoms with Crippen LogP contribution in [0.2, 0.25) is 0 Å². The Morgan fingerprint density at radius 1 is 1.19 bits per heavy atom. The first-order valence-corrected chi connectivity index (χ1v) is 9.13. The molecule has 1 atom stereocenters. The molecule has 0 aliphatic carbocycles. The molecular weight excluding hydrogens is 404 g/mol. The SMILES string of the molecule is COc1ccccc1[C@@H]1c2c(-c3cccc([N+](=O)[O-])c3)n[nH]c(=O)c2Nc2nnnn21. The van der Waals surface area contributed by atoms with E-state index < -0.39 is 16.5 Å². The summed E-state index contributed by atoms with van der Waals surface area (Å²) < 4.78 is 7.05. The van der Waals surface area contributed by atoms with Crippen molar-refractivity contribution in [1.82, 2.24) is 30.4 Å². The first-order valence-electron chi connectivity index (χ1n) is 9.13. The lowest BCUT2D eigenvalue weighted by atomic mass is 9.92. The van der Waals surface area contributed by atoms with E-state index in [9.17, 15) is 14.9 Å². The van der Waals surface area contributed by atoms with E-state index in [0.29, 0.717) is 28.1 Å². The summed E-state index contributed by atoms with van der Waals surface area (Å²) in [7, 11) is 1.54. The Hall–Kier alpha value is -4.61. The quantitative estimate of drug-likeness (QED) is 0.329. The van der Waals surface area contributed by atoms with Crippen LogP contribution >= 0.6 is 0 Å². The smallest absolute Gasteiger partial charge is 0.288 e. The predicted octanol–water partition coefficient (Wildman–Crippen LogP) is 2.03. The first-order chi connectivity index (χ1) is 15.1. The predicted molar refractivity (Wildman–Crippen MR) is 108 cm³/mol. The van der Waals surface area contributed by atoms with Crippen molar-refractivity contribution in [3.8, 4) is 17.0 Å². The molecule has 1 aliphatic heterocycles. The molecule has 0 unspecified atom stereocenters. The Bertz CT molecular complexity index is 1380. The third kappa shape index (κ3) is 2.88. The molecule has 0 fully saturated rings. The Morgan fingerprint density at radius 2 is 2.03 bits per heavy atom. The van der Waals surface area contributed by atoms with Gasteiger partial charge in [-0.3, -0.25) is 14.9 Å². The van der Waals surface area contributed by atoms with Crippen LogP contribution in [0, 0.1) is 10.1 Å². The standard InChI is InChI=1S/C19H14N8O4/c1-31-13-8-3-2-7-12(13)17-14-15(10-5-4-6-11(9-10)27(29)30)21-22-18(28)16(14)20-19-23-24-25-26(17)19/h2-9,17H,1H3,(H,22,28)(H,20,23,25)/t17-/m1/s1. The lowest BCUT2D eigenvalue weighted by Gasteiger charge is -2.28. The maximum Gasteiger partial charge on any atom is 0.288 e. The van der Waals surface area contributed by atoms with Gasteiger partial charge in [0.05, 0.1) is 17.7 Å². The number of aromatic amines is 1. The molecule has 154 valence electrons. The summed E-state index contributed by atoms with van der Waals surface area (Å²) in [6.07, 6.45) is 0. The zero-order chi connectivity index (χ0) is 21.5. The van der Waals surface area contributed by atoms with E-state index in [0.717, 1.165) is 0 Å². The van der Waals surface area contributed by atoms with Gasteiger partial charge in [0, 0.05) is 28.8 Å². The molecule has 0 saturated carbocycles. The molecule has 31 heavy (non-hydrogen) atoms. The molecule has 12 heteroatoms. The van der Waals surface area contributed by atoms with Crippen LogP contribution in [0.25, 0.3) is 11.3 Å². The molecule has 1 aliphatic rings. The van der Waals surface area contributed by atoms with Crippen molar-refractivity contribution in [3.63, 3.8) is 0 Å². The van der Waals surface area contributed by atoms with Gasteiger partial charge in [0.25, 0.3) is 11.2 Å². The molecule has 12 nitrogen and oxygen atoms in total. The van der Waals surface area contributed by atoms with Gasteiger partial charge in [-0.25, -0.2) is 5.10 Å². The van der Waals surface area contributed by atoms with Gasteiger partial charge < -0.3 is 10.1 Å². The fraction of sp³-hybridized carbons (Fsp3) is 0.105. The molecule has 0 radical (unpaired) electrons. The highest BCUT2D eigenvalue weighted by Crippen LogP contribution is 2.43. The van der Waals surface area contributed by atoms with Gasteiger partial charge in [-0.1, -0.05) is 35.4 Å². The van der Waals surface area contributed by atoms with Crippen LogP contribution in [0.15, 0.2) is 53.3 Å². The fourth-order valence-corrected chi connectivity index (χ4v) is 3.70.